The molecule has 1 aromatic heterocycles. The molecule has 6 nitrogen and oxygen atoms in total. The molecule has 0 atom stereocenters. The number of nitrogens with one attached hydrogen (secondary N) is 1. The predicted molar refractivity (Wildman–Crippen MR) is 102 cm³/mol. The van der Waals surface area contributed by atoms with Gasteiger partial charge in [-0.3, -0.25) is 4.72 Å². The third-order valence-corrected chi connectivity index (χ3v) is 5.79. The molecule has 0 aliphatic heterocycles. The molecule has 0 bridgehead atoms. The molecule has 0 saturated carbocycles. The minimum atomic E-state index is -3.81. The second-order valence-corrected chi connectivity index (χ2v) is 7.67. The SMILES string of the molecule is COc1ccc(Oc2ncccc2NS(=O)(=O)c2ccccc2Br)cc1. The molecule has 2 aromatic carbocycles. The fourth-order valence-corrected chi connectivity index (χ4v) is 4.23. The van der Waals surface area contributed by atoms with Crippen LogP contribution in [0.5, 0.6) is 17.4 Å². The van der Waals surface area contributed by atoms with Gasteiger partial charge in [-0.25, -0.2) is 13.4 Å². The van der Waals surface area contributed by atoms with E-state index in [1.165, 1.54) is 12.3 Å². The number of methoxy groups -OCH3 is 1. The van der Waals surface area contributed by atoms with Crippen LogP contribution in [0.3, 0.4) is 0 Å². The molecule has 0 fully saturated rings. The van der Waals surface area contributed by atoms with Gasteiger partial charge in [0.2, 0.25) is 5.88 Å². The summed E-state index contributed by atoms with van der Waals surface area (Å²) in [5.74, 6) is 1.34. The van der Waals surface area contributed by atoms with Crippen LogP contribution >= 0.6 is 15.9 Å². The second kappa shape index (κ2) is 7.76. The summed E-state index contributed by atoms with van der Waals surface area (Å²) in [7, 11) is -2.23. The van der Waals surface area contributed by atoms with Crippen LogP contribution in [0.15, 0.2) is 76.2 Å². The standard InChI is InChI=1S/C18H15BrN2O4S/c1-24-13-8-10-14(11-9-13)25-18-16(6-4-12-20-18)21-26(22,23)17-7-3-2-5-15(17)19/h2-12,21H,1H3. The minimum Gasteiger partial charge on any atom is -0.497 e. The zero-order valence-electron chi connectivity index (χ0n) is 13.7. The fourth-order valence-electron chi connectivity index (χ4n) is 2.17. The van der Waals surface area contributed by atoms with Crippen LogP contribution in [0, 0.1) is 0 Å². The van der Waals surface area contributed by atoms with Gasteiger partial charge < -0.3 is 9.47 Å². The maximum absolute atomic E-state index is 12.7. The van der Waals surface area contributed by atoms with Crippen molar-refractivity contribution in [3.05, 3.63) is 71.3 Å². The van der Waals surface area contributed by atoms with Crippen LogP contribution < -0.4 is 14.2 Å². The van der Waals surface area contributed by atoms with Gasteiger partial charge in [-0.1, -0.05) is 12.1 Å². The Morgan fingerprint density at radius 2 is 1.65 bits per heavy atom. The van der Waals surface area contributed by atoms with Gasteiger partial charge in [-0.15, -0.1) is 0 Å². The summed E-state index contributed by atoms with van der Waals surface area (Å²) in [6, 6.07) is 16.7. The zero-order chi connectivity index (χ0) is 18.6. The van der Waals surface area contributed by atoms with Crippen molar-refractivity contribution >= 4 is 31.6 Å². The lowest BCUT2D eigenvalue weighted by molar-refractivity contribution is 0.412. The Balaban J connectivity index is 1.88. The molecule has 0 radical (unpaired) electrons. The Morgan fingerprint density at radius 3 is 2.35 bits per heavy atom. The molecule has 3 rings (SSSR count). The van der Waals surface area contributed by atoms with Crippen molar-refractivity contribution in [1.82, 2.24) is 4.98 Å². The first-order valence-corrected chi connectivity index (χ1v) is 9.81. The third-order valence-electron chi connectivity index (χ3n) is 3.42. The topological polar surface area (TPSA) is 77.5 Å². The minimum absolute atomic E-state index is 0.124. The number of anilines is 1. The zero-order valence-corrected chi connectivity index (χ0v) is 16.1. The Morgan fingerprint density at radius 1 is 0.962 bits per heavy atom. The highest BCUT2D eigenvalue weighted by Gasteiger charge is 2.19. The van der Waals surface area contributed by atoms with Crippen molar-refractivity contribution in [2.75, 3.05) is 11.8 Å². The summed E-state index contributed by atoms with van der Waals surface area (Å²) >= 11 is 3.25. The maximum Gasteiger partial charge on any atom is 0.263 e. The number of nitrogens with zero attached hydrogens (tertiary/aromatic N) is 1. The number of rotatable bonds is 6. The number of aromatic nitrogens is 1. The molecule has 0 spiro atoms. The average molecular weight is 435 g/mol. The predicted octanol–water partition coefficient (Wildman–Crippen LogP) is 4.45. The van der Waals surface area contributed by atoms with Gasteiger partial charge in [0.15, 0.2) is 0 Å². The average Bonchev–Trinajstić information content (AvgIpc) is 2.64. The number of ether oxygens (including phenoxy) is 2. The molecule has 3 aromatic rings. The summed E-state index contributed by atoms with van der Waals surface area (Å²) < 4.78 is 39.1. The highest BCUT2D eigenvalue weighted by molar-refractivity contribution is 9.10. The smallest absolute Gasteiger partial charge is 0.263 e. The fraction of sp³-hybridized carbons (Fsp3) is 0.0556. The van der Waals surface area contributed by atoms with Crippen LogP contribution in [0.1, 0.15) is 0 Å². The summed E-state index contributed by atoms with van der Waals surface area (Å²) in [6.07, 6.45) is 1.52. The number of hydrogen-bond acceptors (Lipinski definition) is 5. The summed E-state index contributed by atoms with van der Waals surface area (Å²) in [5, 5.41) is 0. The number of halogens is 1. The van der Waals surface area contributed by atoms with Gasteiger partial charge in [-0.2, -0.15) is 0 Å². The first kappa shape index (κ1) is 18.2. The second-order valence-electron chi connectivity index (χ2n) is 5.17. The summed E-state index contributed by atoms with van der Waals surface area (Å²) in [6.45, 7) is 0. The van der Waals surface area contributed by atoms with Crippen LogP contribution in [0.2, 0.25) is 0 Å². The van der Waals surface area contributed by atoms with Crippen molar-refractivity contribution < 1.29 is 17.9 Å². The highest BCUT2D eigenvalue weighted by Crippen LogP contribution is 2.31. The molecule has 26 heavy (non-hydrogen) atoms. The van der Waals surface area contributed by atoms with Crippen LogP contribution in [0.4, 0.5) is 5.69 Å². The lowest BCUT2D eigenvalue weighted by atomic mass is 10.3. The Kier molecular flexibility index (Phi) is 5.43. The number of sulfonamides is 1. The first-order chi connectivity index (χ1) is 12.5. The van der Waals surface area contributed by atoms with E-state index in [0.717, 1.165) is 0 Å². The van der Waals surface area contributed by atoms with E-state index in [9.17, 15) is 8.42 Å². The van der Waals surface area contributed by atoms with Crippen molar-refractivity contribution in [2.24, 2.45) is 0 Å². The molecular formula is C18H15BrN2O4S. The van der Waals surface area contributed by atoms with E-state index >= 15 is 0 Å². The third kappa shape index (κ3) is 4.14. The van der Waals surface area contributed by atoms with Gasteiger partial charge in [0.1, 0.15) is 22.1 Å². The van der Waals surface area contributed by atoms with E-state index < -0.39 is 10.0 Å². The van der Waals surface area contributed by atoms with Crippen LogP contribution in [0.25, 0.3) is 0 Å². The van der Waals surface area contributed by atoms with Crippen molar-refractivity contribution in [2.45, 2.75) is 4.90 Å². The van der Waals surface area contributed by atoms with Crippen LogP contribution in [-0.2, 0) is 10.0 Å². The van der Waals surface area contributed by atoms with E-state index in [0.29, 0.717) is 16.0 Å². The number of pyridine rings is 1. The van der Waals surface area contributed by atoms with E-state index in [1.807, 2.05) is 0 Å². The molecule has 0 aliphatic rings. The maximum atomic E-state index is 12.7. The molecule has 8 heteroatoms. The van der Waals surface area contributed by atoms with E-state index in [1.54, 1.807) is 61.7 Å². The quantitative estimate of drug-likeness (QED) is 0.619. The van der Waals surface area contributed by atoms with Gasteiger partial charge >= 0.3 is 0 Å². The molecule has 0 aliphatic carbocycles. The van der Waals surface area contributed by atoms with Gasteiger partial charge in [-0.05, 0) is 64.5 Å². The number of hydrogen-bond donors (Lipinski definition) is 1. The Hall–Kier alpha value is -2.58. The van der Waals surface area contributed by atoms with Gasteiger partial charge in [0.25, 0.3) is 10.0 Å². The van der Waals surface area contributed by atoms with Gasteiger partial charge in [0.05, 0.1) is 7.11 Å². The van der Waals surface area contributed by atoms with Crippen molar-refractivity contribution in [1.29, 1.82) is 0 Å². The largest absolute Gasteiger partial charge is 0.497 e. The molecule has 0 saturated heterocycles. The summed E-state index contributed by atoms with van der Waals surface area (Å²) in [4.78, 5) is 4.25. The molecule has 134 valence electrons. The Bertz CT molecular complexity index is 1010. The first-order valence-electron chi connectivity index (χ1n) is 7.54. The van der Waals surface area contributed by atoms with E-state index in [2.05, 4.69) is 25.6 Å². The van der Waals surface area contributed by atoms with Crippen LogP contribution in [-0.4, -0.2) is 20.5 Å². The monoisotopic (exact) mass is 434 g/mol. The van der Waals surface area contributed by atoms with Crippen molar-refractivity contribution in [3.63, 3.8) is 0 Å². The van der Waals surface area contributed by atoms with E-state index in [4.69, 9.17) is 9.47 Å². The Labute approximate surface area is 160 Å². The lowest BCUT2D eigenvalue weighted by Gasteiger charge is -2.13. The molecule has 1 N–H and O–H groups in total. The normalized spacial score (nSPS) is 11.0. The van der Waals surface area contributed by atoms with E-state index in [-0.39, 0.29) is 16.5 Å². The van der Waals surface area contributed by atoms with Crippen molar-refractivity contribution in [3.8, 4) is 17.4 Å². The molecular weight excluding hydrogens is 420 g/mol. The lowest BCUT2D eigenvalue weighted by Crippen LogP contribution is -2.14. The molecule has 0 amide bonds. The number of benzene rings is 2. The summed E-state index contributed by atoms with van der Waals surface area (Å²) in [5.41, 5.74) is 0.235. The highest BCUT2D eigenvalue weighted by atomic mass is 79.9. The molecule has 0 unspecified atom stereocenters. The molecule has 1 heterocycles. The van der Waals surface area contributed by atoms with Gasteiger partial charge in [0, 0.05) is 10.7 Å².